The number of rotatable bonds is 3. The number of likely N-dealkylation sites (tertiary alicyclic amines) is 1. The van der Waals surface area contributed by atoms with Crippen LogP contribution < -0.4 is 5.32 Å². The van der Waals surface area contributed by atoms with Crippen LogP contribution in [0.5, 0.6) is 0 Å². The van der Waals surface area contributed by atoms with Crippen LogP contribution in [0.15, 0.2) is 0 Å². The first-order chi connectivity index (χ1) is 10.2. The molecule has 2 N–H and O–H groups in total. The second kappa shape index (κ2) is 6.44. The molecular weight excluding hydrogens is 268 g/mol. The van der Waals surface area contributed by atoms with Crippen LogP contribution in [0.4, 0.5) is 0 Å². The maximum atomic E-state index is 12.6. The van der Waals surface area contributed by atoms with E-state index in [-0.39, 0.29) is 36.4 Å². The molecule has 0 aromatic carbocycles. The number of imide groups is 1. The Morgan fingerprint density at radius 1 is 0.952 bits per heavy atom. The molecule has 1 aliphatic heterocycles. The number of hydrogen-bond donors (Lipinski definition) is 2. The van der Waals surface area contributed by atoms with E-state index in [1.807, 2.05) is 0 Å². The van der Waals surface area contributed by atoms with Gasteiger partial charge in [0.1, 0.15) is 0 Å². The van der Waals surface area contributed by atoms with Crippen LogP contribution in [0, 0.1) is 0 Å². The summed E-state index contributed by atoms with van der Waals surface area (Å²) in [7, 11) is 0. The van der Waals surface area contributed by atoms with E-state index >= 15 is 0 Å². The molecule has 0 radical (unpaired) electrons. The van der Waals surface area contributed by atoms with Gasteiger partial charge in [-0.15, -0.1) is 0 Å². The van der Waals surface area contributed by atoms with E-state index in [1.165, 1.54) is 11.3 Å². The molecule has 118 valence electrons. The topological polar surface area (TPSA) is 69.6 Å². The molecule has 2 saturated carbocycles. The summed E-state index contributed by atoms with van der Waals surface area (Å²) in [6.07, 6.45) is 9.03. The lowest BCUT2D eigenvalue weighted by Crippen LogP contribution is -2.51. The van der Waals surface area contributed by atoms with E-state index in [2.05, 4.69) is 5.32 Å². The van der Waals surface area contributed by atoms with Crippen molar-refractivity contribution in [1.82, 2.24) is 10.2 Å². The van der Waals surface area contributed by atoms with Crippen LogP contribution in [0.1, 0.15) is 64.2 Å². The summed E-state index contributed by atoms with van der Waals surface area (Å²) in [5.74, 6) is -0.0978. The molecule has 2 aliphatic carbocycles. The molecule has 1 saturated heterocycles. The van der Waals surface area contributed by atoms with E-state index in [0.717, 1.165) is 51.4 Å². The van der Waals surface area contributed by atoms with E-state index in [1.54, 1.807) is 0 Å². The molecule has 3 atom stereocenters. The second-order valence-corrected chi connectivity index (χ2v) is 6.78. The molecule has 2 amide bonds. The molecule has 5 heteroatoms. The summed E-state index contributed by atoms with van der Waals surface area (Å²) < 4.78 is 0. The van der Waals surface area contributed by atoms with Crippen molar-refractivity contribution in [2.45, 2.75) is 88.4 Å². The molecule has 0 bridgehead atoms. The van der Waals surface area contributed by atoms with Crippen LogP contribution in [-0.4, -0.2) is 46.1 Å². The fourth-order valence-electron chi connectivity index (χ4n) is 4.07. The van der Waals surface area contributed by atoms with E-state index in [0.29, 0.717) is 0 Å². The molecule has 21 heavy (non-hydrogen) atoms. The van der Waals surface area contributed by atoms with Gasteiger partial charge in [0.2, 0.25) is 11.8 Å². The quantitative estimate of drug-likeness (QED) is 0.771. The van der Waals surface area contributed by atoms with Crippen LogP contribution in [0.25, 0.3) is 0 Å². The Bertz CT molecular complexity index is 406. The Morgan fingerprint density at radius 2 is 1.62 bits per heavy atom. The van der Waals surface area contributed by atoms with Gasteiger partial charge in [-0.2, -0.15) is 0 Å². The van der Waals surface area contributed by atoms with Crippen molar-refractivity contribution in [3.05, 3.63) is 0 Å². The minimum Gasteiger partial charge on any atom is -0.392 e. The lowest BCUT2D eigenvalue weighted by Gasteiger charge is -2.32. The Hall–Kier alpha value is -0.940. The maximum absolute atomic E-state index is 12.6. The summed E-state index contributed by atoms with van der Waals surface area (Å²) in [6.45, 7) is 0. The van der Waals surface area contributed by atoms with Gasteiger partial charge in [0.25, 0.3) is 0 Å². The van der Waals surface area contributed by atoms with Gasteiger partial charge in [0.05, 0.1) is 18.6 Å². The first-order valence-electron chi connectivity index (χ1n) is 8.47. The van der Waals surface area contributed by atoms with Gasteiger partial charge >= 0.3 is 0 Å². The third-order valence-electron chi connectivity index (χ3n) is 5.27. The number of nitrogens with zero attached hydrogens (tertiary/aromatic N) is 1. The zero-order chi connectivity index (χ0) is 14.8. The summed E-state index contributed by atoms with van der Waals surface area (Å²) in [6, 6.07) is -0.342. The first-order valence-corrected chi connectivity index (χ1v) is 8.47. The average molecular weight is 294 g/mol. The molecular formula is C16H26N2O3. The lowest BCUT2D eigenvalue weighted by molar-refractivity contribution is -0.142. The minimum absolute atomic E-state index is 0.0327. The third kappa shape index (κ3) is 3.14. The number of amides is 2. The Kier molecular flexibility index (Phi) is 4.60. The Balaban J connectivity index is 1.62. The van der Waals surface area contributed by atoms with Gasteiger partial charge in [0, 0.05) is 12.1 Å². The number of aliphatic hydroxyl groups is 1. The molecule has 0 aromatic rings. The zero-order valence-corrected chi connectivity index (χ0v) is 12.6. The van der Waals surface area contributed by atoms with Gasteiger partial charge in [-0.05, 0) is 25.7 Å². The van der Waals surface area contributed by atoms with Gasteiger partial charge in [-0.3, -0.25) is 14.5 Å². The van der Waals surface area contributed by atoms with Gasteiger partial charge < -0.3 is 10.4 Å². The van der Waals surface area contributed by atoms with Crippen molar-refractivity contribution in [2.24, 2.45) is 0 Å². The third-order valence-corrected chi connectivity index (χ3v) is 5.27. The fourth-order valence-corrected chi connectivity index (χ4v) is 4.07. The van der Waals surface area contributed by atoms with Crippen molar-refractivity contribution in [3.8, 4) is 0 Å². The number of nitrogens with one attached hydrogen (secondary N) is 1. The van der Waals surface area contributed by atoms with Crippen molar-refractivity contribution < 1.29 is 14.7 Å². The molecule has 5 nitrogen and oxygen atoms in total. The lowest BCUT2D eigenvalue weighted by atomic mass is 9.92. The van der Waals surface area contributed by atoms with Gasteiger partial charge in [-0.25, -0.2) is 0 Å². The summed E-state index contributed by atoms with van der Waals surface area (Å²) in [5.41, 5.74) is 0. The second-order valence-electron chi connectivity index (χ2n) is 6.78. The van der Waals surface area contributed by atoms with Gasteiger partial charge in [0.15, 0.2) is 0 Å². The van der Waals surface area contributed by atoms with E-state index in [9.17, 15) is 14.7 Å². The van der Waals surface area contributed by atoms with E-state index in [4.69, 9.17) is 0 Å². The van der Waals surface area contributed by atoms with Gasteiger partial charge in [-0.1, -0.05) is 32.1 Å². The standard InChI is InChI=1S/C16H26N2O3/c19-14-9-5-4-8-12(14)17-13-10-15(20)18(16(13)21)11-6-2-1-3-7-11/h11-14,17,19H,1-10H2. The number of carbonyl (C=O) groups excluding carboxylic acids is 2. The number of hydrogen-bond acceptors (Lipinski definition) is 4. The van der Waals surface area contributed by atoms with Crippen molar-refractivity contribution >= 4 is 11.8 Å². The maximum Gasteiger partial charge on any atom is 0.247 e. The molecule has 0 spiro atoms. The highest BCUT2D eigenvalue weighted by atomic mass is 16.3. The van der Waals surface area contributed by atoms with Crippen molar-refractivity contribution in [3.63, 3.8) is 0 Å². The average Bonchev–Trinajstić information content (AvgIpc) is 2.77. The fraction of sp³-hybridized carbons (Fsp3) is 0.875. The SMILES string of the molecule is O=C1CC(NC2CCCCC2O)C(=O)N1C1CCCCC1. The molecule has 0 aromatic heterocycles. The Morgan fingerprint density at radius 3 is 2.33 bits per heavy atom. The van der Waals surface area contributed by atoms with Crippen LogP contribution in [0.2, 0.25) is 0 Å². The van der Waals surface area contributed by atoms with Crippen LogP contribution in [0.3, 0.4) is 0 Å². The predicted molar refractivity (Wildman–Crippen MR) is 78.5 cm³/mol. The van der Waals surface area contributed by atoms with Crippen LogP contribution in [-0.2, 0) is 9.59 Å². The zero-order valence-electron chi connectivity index (χ0n) is 12.6. The van der Waals surface area contributed by atoms with Crippen molar-refractivity contribution in [2.75, 3.05) is 0 Å². The summed E-state index contributed by atoms with van der Waals surface area (Å²) in [4.78, 5) is 26.3. The van der Waals surface area contributed by atoms with Crippen molar-refractivity contribution in [1.29, 1.82) is 0 Å². The number of carbonyl (C=O) groups is 2. The molecule has 3 unspecified atom stereocenters. The summed E-state index contributed by atoms with van der Waals surface area (Å²) >= 11 is 0. The van der Waals surface area contributed by atoms with E-state index < -0.39 is 6.04 Å². The number of aliphatic hydroxyl groups excluding tert-OH is 1. The molecule has 3 rings (SSSR count). The molecule has 3 aliphatic rings. The summed E-state index contributed by atoms with van der Waals surface area (Å²) in [5, 5.41) is 13.3. The molecule has 1 heterocycles. The minimum atomic E-state index is -0.419. The smallest absolute Gasteiger partial charge is 0.247 e. The highest BCUT2D eigenvalue weighted by molar-refractivity contribution is 6.05. The largest absolute Gasteiger partial charge is 0.392 e. The predicted octanol–water partition coefficient (Wildman–Crippen LogP) is 1.34. The highest BCUT2D eigenvalue weighted by Gasteiger charge is 2.43. The van der Waals surface area contributed by atoms with Crippen LogP contribution >= 0.6 is 0 Å². The monoisotopic (exact) mass is 294 g/mol. The first kappa shape index (κ1) is 15.0. The Labute approximate surface area is 126 Å². The molecule has 3 fully saturated rings. The normalized spacial score (nSPS) is 35.5. The highest BCUT2D eigenvalue weighted by Crippen LogP contribution is 2.28.